The summed E-state index contributed by atoms with van der Waals surface area (Å²) in [6.07, 6.45) is 0. The Kier molecular flexibility index (Phi) is 5.12. The third-order valence-electron chi connectivity index (χ3n) is 3.00. The number of para-hydroxylation sites is 2. The molecule has 1 aliphatic heterocycles. The normalized spacial score (nSPS) is 15.2. The van der Waals surface area contributed by atoms with Crippen molar-refractivity contribution in [3.63, 3.8) is 0 Å². The van der Waals surface area contributed by atoms with Crippen molar-refractivity contribution >= 4 is 17.3 Å². The number of ether oxygens (including phenoxy) is 2. The van der Waals surface area contributed by atoms with Crippen LogP contribution in [0.15, 0.2) is 29.4 Å². The van der Waals surface area contributed by atoms with Gasteiger partial charge in [-0.05, 0) is 12.1 Å². The zero-order valence-electron chi connectivity index (χ0n) is 11.7. The highest BCUT2D eigenvalue weighted by Gasteiger charge is 2.22. The molecule has 1 saturated heterocycles. The van der Waals surface area contributed by atoms with Crippen molar-refractivity contribution in [2.45, 2.75) is 0 Å². The van der Waals surface area contributed by atoms with Gasteiger partial charge in [-0.15, -0.1) is 0 Å². The summed E-state index contributed by atoms with van der Waals surface area (Å²) in [5.74, 6) is 0.181. The van der Waals surface area contributed by atoms with Gasteiger partial charge in [-0.1, -0.05) is 12.1 Å². The summed E-state index contributed by atoms with van der Waals surface area (Å²) in [6.45, 7) is 1.89. The number of carbonyl (C=O) groups is 1. The molecule has 1 heterocycles. The van der Waals surface area contributed by atoms with E-state index in [4.69, 9.17) is 14.7 Å². The Morgan fingerprint density at radius 2 is 2.14 bits per heavy atom. The maximum atomic E-state index is 12.2. The van der Waals surface area contributed by atoms with Crippen molar-refractivity contribution in [3.8, 4) is 11.8 Å². The van der Waals surface area contributed by atoms with Crippen molar-refractivity contribution in [3.05, 3.63) is 24.3 Å². The molecule has 7 heteroatoms. The maximum Gasteiger partial charge on any atom is 0.285 e. The topological polar surface area (TPSA) is 86.9 Å². The van der Waals surface area contributed by atoms with E-state index in [0.717, 1.165) is 0 Å². The number of anilines is 1. The van der Waals surface area contributed by atoms with Crippen LogP contribution in [0.3, 0.4) is 0 Å². The standard InChI is InChI=1S/C14H16N4O3/c1-20-13-5-3-2-4-11(13)16-17-12(10-15)14(19)18-6-8-21-9-7-18/h2-5,16H,6-9H2,1H3/b17-12+. The molecule has 0 aromatic heterocycles. The number of nitriles is 1. The highest BCUT2D eigenvalue weighted by Crippen LogP contribution is 2.22. The number of nitrogens with zero attached hydrogens (tertiary/aromatic N) is 3. The first kappa shape index (κ1) is 14.8. The number of morpholine rings is 1. The van der Waals surface area contributed by atoms with E-state index in [-0.39, 0.29) is 5.71 Å². The molecule has 1 amide bonds. The van der Waals surface area contributed by atoms with Crippen molar-refractivity contribution in [2.75, 3.05) is 38.8 Å². The highest BCUT2D eigenvalue weighted by molar-refractivity contribution is 6.45. The summed E-state index contributed by atoms with van der Waals surface area (Å²) < 4.78 is 10.3. The Labute approximate surface area is 122 Å². The molecular weight excluding hydrogens is 272 g/mol. The van der Waals surface area contributed by atoms with Crippen LogP contribution in [-0.4, -0.2) is 49.9 Å². The molecule has 1 aromatic rings. The first-order valence-electron chi connectivity index (χ1n) is 6.50. The van der Waals surface area contributed by atoms with Crippen LogP contribution in [0.4, 0.5) is 5.69 Å². The van der Waals surface area contributed by atoms with Gasteiger partial charge < -0.3 is 14.4 Å². The van der Waals surface area contributed by atoms with Gasteiger partial charge in [0.25, 0.3) is 5.91 Å². The summed E-state index contributed by atoms with van der Waals surface area (Å²) >= 11 is 0. The maximum absolute atomic E-state index is 12.2. The van der Waals surface area contributed by atoms with E-state index in [0.29, 0.717) is 37.7 Å². The summed E-state index contributed by atoms with van der Waals surface area (Å²) in [5.41, 5.74) is 3.09. The fourth-order valence-electron chi connectivity index (χ4n) is 1.89. The molecule has 1 aliphatic rings. The van der Waals surface area contributed by atoms with Gasteiger partial charge in [0, 0.05) is 13.1 Å². The van der Waals surface area contributed by atoms with E-state index in [2.05, 4.69) is 10.5 Å². The smallest absolute Gasteiger partial charge is 0.285 e. The number of hydrazone groups is 1. The van der Waals surface area contributed by atoms with Gasteiger partial charge in [-0.3, -0.25) is 10.2 Å². The number of hydrogen-bond acceptors (Lipinski definition) is 6. The Morgan fingerprint density at radius 1 is 1.43 bits per heavy atom. The number of benzene rings is 1. The molecule has 0 saturated carbocycles. The van der Waals surface area contributed by atoms with E-state index in [9.17, 15) is 4.79 Å². The summed E-state index contributed by atoms with van der Waals surface area (Å²) in [5, 5.41) is 13.0. The average molecular weight is 288 g/mol. The summed E-state index contributed by atoms with van der Waals surface area (Å²) in [7, 11) is 1.54. The predicted octanol–water partition coefficient (Wildman–Crippen LogP) is 0.845. The average Bonchev–Trinajstić information content (AvgIpc) is 2.56. The monoisotopic (exact) mass is 288 g/mol. The molecule has 0 unspecified atom stereocenters. The lowest BCUT2D eigenvalue weighted by Crippen LogP contribution is -2.44. The Balaban J connectivity index is 2.10. The second kappa shape index (κ2) is 7.26. The minimum absolute atomic E-state index is 0.192. The fourth-order valence-corrected chi connectivity index (χ4v) is 1.89. The van der Waals surface area contributed by atoms with Crippen molar-refractivity contribution in [2.24, 2.45) is 5.10 Å². The van der Waals surface area contributed by atoms with Crippen LogP contribution in [-0.2, 0) is 9.53 Å². The molecule has 110 valence electrons. The zero-order valence-corrected chi connectivity index (χ0v) is 11.7. The minimum atomic E-state index is -0.400. The van der Waals surface area contributed by atoms with Crippen LogP contribution in [0.2, 0.25) is 0 Å². The third kappa shape index (κ3) is 3.70. The Bertz CT molecular complexity index is 574. The molecule has 0 aliphatic carbocycles. The van der Waals surface area contributed by atoms with Crippen LogP contribution >= 0.6 is 0 Å². The predicted molar refractivity (Wildman–Crippen MR) is 77.1 cm³/mol. The lowest BCUT2D eigenvalue weighted by molar-refractivity contribution is -0.127. The lowest BCUT2D eigenvalue weighted by Gasteiger charge is -2.25. The molecule has 0 radical (unpaired) electrons. The van der Waals surface area contributed by atoms with E-state index in [1.54, 1.807) is 23.1 Å². The first-order chi connectivity index (χ1) is 10.3. The first-order valence-corrected chi connectivity index (χ1v) is 6.50. The van der Waals surface area contributed by atoms with E-state index < -0.39 is 5.91 Å². The van der Waals surface area contributed by atoms with Gasteiger partial charge in [0.05, 0.1) is 26.0 Å². The molecule has 7 nitrogen and oxygen atoms in total. The van der Waals surface area contributed by atoms with Gasteiger partial charge >= 0.3 is 0 Å². The van der Waals surface area contributed by atoms with Gasteiger partial charge in [-0.25, -0.2) is 0 Å². The molecule has 1 N–H and O–H groups in total. The van der Waals surface area contributed by atoms with Crippen LogP contribution in [0.25, 0.3) is 0 Å². The Hall–Kier alpha value is -2.59. The Morgan fingerprint density at radius 3 is 2.81 bits per heavy atom. The van der Waals surface area contributed by atoms with Crippen LogP contribution in [0.5, 0.6) is 5.75 Å². The number of nitrogens with one attached hydrogen (secondary N) is 1. The van der Waals surface area contributed by atoms with Crippen LogP contribution in [0.1, 0.15) is 0 Å². The molecular formula is C14H16N4O3. The second-order valence-corrected chi connectivity index (χ2v) is 4.29. The molecule has 0 spiro atoms. The van der Waals surface area contributed by atoms with Gasteiger partial charge in [0.1, 0.15) is 11.8 Å². The van der Waals surface area contributed by atoms with Gasteiger partial charge in [0.15, 0.2) is 0 Å². The number of methoxy groups -OCH3 is 1. The number of rotatable bonds is 4. The molecule has 0 atom stereocenters. The van der Waals surface area contributed by atoms with Crippen molar-refractivity contribution < 1.29 is 14.3 Å². The second-order valence-electron chi connectivity index (χ2n) is 4.29. The van der Waals surface area contributed by atoms with Crippen molar-refractivity contribution in [1.82, 2.24) is 4.90 Å². The van der Waals surface area contributed by atoms with E-state index >= 15 is 0 Å². The molecule has 1 aromatic carbocycles. The number of amides is 1. The van der Waals surface area contributed by atoms with Gasteiger partial charge in [-0.2, -0.15) is 10.4 Å². The molecule has 0 bridgehead atoms. The fraction of sp³-hybridized carbons (Fsp3) is 0.357. The molecule has 1 fully saturated rings. The SMILES string of the molecule is COc1ccccc1N/N=C(\C#N)C(=O)N1CCOCC1. The van der Waals surface area contributed by atoms with Gasteiger partial charge in [0.2, 0.25) is 5.71 Å². The molecule has 2 rings (SSSR count). The molecule has 21 heavy (non-hydrogen) atoms. The quantitative estimate of drug-likeness (QED) is 0.655. The largest absolute Gasteiger partial charge is 0.495 e. The zero-order chi connectivity index (χ0) is 15.1. The highest BCUT2D eigenvalue weighted by atomic mass is 16.5. The van der Waals surface area contributed by atoms with E-state index in [1.165, 1.54) is 7.11 Å². The summed E-state index contributed by atoms with van der Waals surface area (Å²) in [6, 6.07) is 8.94. The van der Waals surface area contributed by atoms with Crippen LogP contribution < -0.4 is 10.2 Å². The minimum Gasteiger partial charge on any atom is -0.495 e. The number of hydrogen-bond donors (Lipinski definition) is 1. The van der Waals surface area contributed by atoms with Crippen LogP contribution in [0, 0.1) is 11.3 Å². The summed E-state index contributed by atoms with van der Waals surface area (Å²) in [4.78, 5) is 13.7. The third-order valence-corrected chi connectivity index (χ3v) is 3.00. The lowest BCUT2D eigenvalue weighted by atomic mass is 10.3. The van der Waals surface area contributed by atoms with E-state index in [1.807, 2.05) is 12.1 Å². The number of carbonyl (C=O) groups excluding carboxylic acids is 1. The van der Waals surface area contributed by atoms with Crippen molar-refractivity contribution in [1.29, 1.82) is 5.26 Å².